The number of nitrogens with one attached hydrogen (secondary N) is 1. The van der Waals surface area contributed by atoms with Gasteiger partial charge < -0.3 is 15.0 Å². The third-order valence-corrected chi connectivity index (χ3v) is 6.67. The molecule has 2 amide bonds. The zero-order valence-corrected chi connectivity index (χ0v) is 14.3. The number of hydrogen-bond acceptors (Lipinski definition) is 3. The number of nitrogens with zero attached hydrogens (tertiary/aromatic N) is 2. The number of ether oxygens (including phenoxy) is 1. The van der Waals surface area contributed by atoms with E-state index in [-0.39, 0.29) is 6.03 Å². The normalized spacial score (nSPS) is 32.0. The van der Waals surface area contributed by atoms with Gasteiger partial charge in [-0.3, -0.25) is 4.90 Å². The summed E-state index contributed by atoms with van der Waals surface area (Å²) in [6.45, 7) is 5.81. The standard InChI is InChI=1S/C18H31N3O2/c22-17(21-10-6-18(14-21)7-11-23-12-8-18)19-15-5-9-20(13-15)16-3-1-2-4-16/h15-16H,1-14H2,(H,19,22). The quantitative estimate of drug-likeness (QED) is 0.848. The molecule has 4 rings (SSSR count). The molecule has 0 radical (unpaired) electrons. The van der Waals surface area contributed by atoms with Crippen LogP contribution in [0.15, 0.2) is 0 Å². The number of carbonyl (C=O) groups is 1. The molecule has 1 atom stereocenters. The molecule has 1 spiro atoms. The molecular formula is C18H31N3O2. The number of hydrogen-bond donors (Lipinski definition) is 1. The Morgan fingerprint density at radius 1 is 1.04 bits per heavy atom. The summed E-state index contributed by atoms with van der Waals surface area (Å²) in [5.41, 5.74) is 0.348. The number of likely N-dealkylation sites (tertiary alicyclic amines) is 2. The van der Waals surface area contributed by atoms with Crippen LogP contribution in [0, 0.1) is 5.41 Å². The van der Waals surface area contributed by atoms with E-state index in [4.69, 9.17) is 4.74 Å². The smallest absolute Gasteiger partial charge is 0.317 e. The van der Waals surface area contributed by atoms with Crippen LogP contribution in [-0.2, 0) is 4.74 Å². The Bertz CT molecular complexity index is 430. The molecule has 1 unspecified atom stereocenters. The van der Waals surface area contributed by atoms with E-state index in [1.807, 2.05) is 0 Å². The first-order valence-corrected chi connectivity index (χ1v) is 9.61. The van der Waals surface area contributed by atoms with Crippen LogP contribution in [-0.4, -0.2) is 67.3 Å². The lowest BCUT2D eigenvalue weighted by Gasteiger charge is -2.33. The predicted molar refractivity (Wildman–Crippen MR) is 89.4 cm³/mol. The highest BCUT2D eigenvalue weighted by Crippen LogP contribution is 2.39. The van der Waals surface area contributed by atoms with Gasteiger partial charge in [0.1, 0.15) is 0 Å². The van der Waals surface area contributed by atoms with E-state index in [1.165, 1.54) is 25.7 Å². The molecule has 1 N–H and O–H groups in total. The number of rotatable bonds is 2. The van der Waals surface area contributed by atoms with Crippen molar-refractivity contribution >= 4 is 6.03 Å². The van der Waals surface area contributed by atoms with Gasteiger partial charge in [-0.2, -0.15) is 0 Å². The van der Waals surface area contributed by atoms with Crippen molar-refractivity contribution < 1.29 is 9.53 Å². The topological polar surface area (TPSA) is 44.8 Å². The molecule has 0 bridgehead atoms. The summed E-state index contributed by atoms with van der Waals surface area (Å²) in [6, 6.07) is 1.31. The molecule has 0 aromatic rings. The largest absolute Gasteiger partial charge is 0.381 e. The van der Waals surface area contributed by atoms with E-state index in [0.29, 0.717) is 11.5 Å². The third-order valence-electron chi connectivity index (χ3n) is 6.67. The molecule has 0 aromatic heterocycles. The second-order valence-electron chi connectivity index (χ2n) is 8.15. The van der Waals surface area contributed by atoms with Gasteiger partial charge >= 0.3 is 6.03 Å². The van der Waals surface area contributed by atoms with E-state index in [9.17, 15) is 4.79 Å². The van der Waals surface area contributed by atoms with Gasteiger partial charge in [-0.25, -0.2) is 4.79 Å². The molecule has 4 fully saturated rings. The number of urea groups is 1. The lowest BCUT2D eigenvalue weighted by Crippen LogP contribution is -2.46. The van der Waals surface area contributed by atoms with E-state index >= 15 is 0 Å². The minimum Gasteiger partial charge on any atom is -0.381 e. The Hall–Kier alpha value is -0.810. The van der Waals surface area contributed by atoms with Gasteiger partial charge in [-0.15, -0.1) is 0 Å². The van der Waals surface area contributed by atoms with Gasteiger partial charge in [-0.05, 0) is 43.9 Å². The summed E-state index contributed by atoms with van der Waals surface area (Å²) in [7, 11) is 0. The minimum absolute atomic E-state index is 0.173. The fourth-order valence-electron chi connectivity index (χ4n) is 5.09. The molecule has 1 aliphatic carbocycles. The van der Waals surface area contributed by atoms with Crippen LogP contribution in [0.3, 0.4) is 0 Å². The summed E-state index contributed by atoms with van der Waals surface area (Å²) in [4.78, 5) is 17.3. The average Bonchev–Trinajstić information content (AvgIpc) is 3.28. The zero-order valence-electron chi connectivity index (χ0n) is 14.3. The van der Waals surface area contributed by atoms with Crippen LogP contribution >= 0.6 is 0 Å². The maximum absolute atomic E-state index is 12.6. The van der Waals surface area contributed by atoms with Crippen LogP contribution in [0.4, 0.5) is 4.79 Å². The monoisotopic (exact) mass is 321 g/mol. The van der Waals surface area contributed by atoms with Crippen molar-refractivity contribution in [3.8, 4) is 0 Å². The third kappa shape index (κ3) is 3.36. The molecule has 3 saturated heterocycles. The van der Waals surface area contributed by atoms with E-state index < -0.39 is 0 Å². The molecule has 23 heavy (non-hydrogen) atoms. The summed E-state index contributed by atoms with van der Waals surface area (Å²) < 4.78 is 5.50. The van der Waals surface area contributed by atoms with Crippen molar-refractivity contribution in [2.24, 2.45) is 5.41 Å². The summed E-state index contributed by atoms with van der Waals surface area (Å²) in [6.07, 6.45) is 10.0. The first-order chi connectivity index (χ1) is 11.2. The summed E-state index contributed by atoms with van der Waals surface area (Å²) >= 11 is 0. The Morgan fingerprint density at radius 2 is 1.83 bits per heavy atom. The molecule has 5 nitrogen and oxygen atoms in total. The summed E-state index contributed by atoms with van der Waals surface area (Å²) in [5, 5.41) is 3.31. The van der Waals surface area contributed by atoms with Crippen molar-refractivity contribution in [1.29, 1.82) is 0 Å². The van der Waals surface area contributed by atoms with Crippen molar-refractivity contribution in [3.63, 3.8) is 0 Å². The highest BCUT2D eigenvalue weighted by Gasteiger charge is 2.41. The molecular weight excluding hydrogens is 290 g/mol. The summed E-state index contributed by atoms with van der Waals surface area (Å²) in [5.74, 6) is 0. The molecule has 3 heterocycles. The Kier molecular flexibility index (Phi) is 4.50. The highest BCUT2D eigenvalue weighted by atomic mass is 16.5. The Morgan fingerprint density at radius 3 is 2.61 bits per heavy atom. The van der Waals surface area contributed by atoms with E-state index in [1.54, 1.807) is 0 Å². The van der Waals surface area contributed by atoms with Crippen LogP contribution in [0.1, 0.15) is 51.4 Å². The van der Waals surface area contributed by atoms with Crippen LogP contribution in [0.25, 0.3) is 0 Å². The minimum atomic E-state index is 0.173. The SMILES string of the molecule is O=C(NC1CCN(C2CCCC2)C1)N1CCC2(CCOCC2)C1. The van der Waals surface area contributed by atoms with Crippen LogP contribution in [0.5, 0.6) is 0 Å². The first-order valence-electron chi connectivity index (χ1n) is 9.61. The van der Waals surface area contributed by atoms with Crippen molar-refractivity contribution in [3.05, 3.63) is 0 Å². The maximum atomic E-state index is 12.6. The molecule has 5 heteroatoms. The predicted octanol–water partition coefficient (Wildman–Crippen LogP) is 2.22. The average molecular weight is 321 g/mol. The lowest BCUT2D eigenvalue weighted by molar-refractivity contribution is 0.0208. The molecule has 3 aliphatic heterocycles. The number of carbonyl (C=O) groups excluding carboxylic acids is 1. The van der Waals surface area contributed by atoms with Gasteiger partial charge in [0.15, 0.2) is 0 Å². The van der Waals surface area contributed by atoms with Gasteiger partial charge in [0.2, 0.25) is 0 Å². The Balaban J connectivity index is 1.26. The lowest BCUT2D eigenvalue weighted by atomic mass is 9.80. The van der Waals surface area contributed by atoms with Gasteiger partial charge in [0, 0.05) is 51.5 Å². The van der Waals surface area contributed by atoms with Gasteiger partial charge in [0.25, 0.3) is 0 Å². The molecule has 4 aliphatic rings. The molecule has 1 saturated carbocycles. The molecule has 130 valence electrons. The second-order valence-corrected chi connectivity index (χ2v) is 8.15. The van der Waals surface area contributed by atoms with Gasteiger partial charge in [-0.1, -0.05) is 12.8 Å². The first kappa shape index (κ1) is 15.7. The van der Waals surface area contributed by atoms with Crippen molar-refractivity contribution in [1.82, 2.24) is 15.1 Å². The highest BCUT2D eigenvalue weighted by molar-refractivity contribution is 5.75. The molecule has 0 aromatic carbocycles. The van der Waals surface area contributed by atoms with Crippen molar-refractivity contribution in [2.45, 2.75) is 63.5 Å². The Labute approximate surface area is 139 Å². The van der Waals surface area contributed by atoms with Crippen molar-refractivity contribution in [2.75, 3.05) is 39.4 Å². The maximum Gasteiger partial charge on any atom is 0.317 e. The fraction of sp³-hybridized carbons (Fsp3) is 0.944. The van der Waals surface area contributed by atoms with E-state index in [0.717, 1.165) is 71.1 Å². The fourth-order valence-corrected chi connectivity index (χ4v) is 5.09. The van der Waals surface area contributed by atoms with Crippen LogP contribution in [0.2, 0.25) is 0 Å². The zero-order chi connectivity index (χ0) is 15.7. The number of amides is 2. The van der Waals surface area contributed by atoms with Crippen LogP contribution < -0.4 is 5.32 Å². The second kappa shape index (κ2) is 6.60. The van der Waals surface area contributed by atoms with Gasteiger partial charge in [0.05, 0.1) is 0 Å². The van der Waals surface area contributed by atoms with E-state index in [2.05, 4.69) is 15.1 Å².